The molecule has 0 atom stereocenters. The molecule has 2 rings (SSSR count). The van der Waals surface area contributed by atoms with Gasteiger partial charge in [-0.05, 0) is 38.4 Å². The number of benzene rings is 1. The highest BCUT2D eigenvalue weighted by Gasteiger charge is 2.19. The van der Waals surface area contributed by atoms with Crippen molar-refractivity contribution in [3.63, 3.8) is 0 Å². The van der Waals surface area contributed by atoms with E-state index in [9.17, 15) is 14.9 Å². The second kappa shape index (κ2) is 7.21. The van der Waals surface area contributed by atoms with Gasteiger partial charge in [-0.2, -0.15) is 0 Å². The zero-order chi connectivity index (χ0) is 13.8. The molecule has 1 saturated heterocycles. The van der Waals surface area contributed by atoms with Crippen LogP contribution in [0.5, 0.6) is 0 Å². The van der Waals surface area contributed by atoms with Crippen molar-refractivity contribution in [2.45, 2.75) is 25.8 Å². The standard InChI is InChI=1S/C13H17N3O3.ClH/c1-9-2-3-11(16(18)19)8-12(9)13(17)15-10-4-6-14-7-5-10;/h2-3,8,10,14H,4-7H2,1H3,(H,15,17);1H. The average Bonchev–Trinajstić information content (AvgIpc) is 2.40. The molecule has 1 aliphatic heterocycles. The van der Waals surface area contributed by atoms with Crippen LogP contribution >= 0.6 is 12.4 Å². The molecule has 0 radical (unpaired) electrons. The minimum Gasteiger partial charge on any atom is -0.349 e. The fourth-order valence-electron chi connectivity index (χ4n) is 2.20. The predicted octanol–water partition coefficient (Wildman–Crippen LogP) is 1.81. The van der Waals surface area contributed by atoms with Gasteiger partial charge in [0.05, 0.1) is 4.92 Å². The summed E-state index contributed by atoms with van der Waals surface area (Å²) in [6.07, 6.45) is 1.78. The van der Waals surface area contributed by atoms with Crippen molar-refractivity contribution in [1.29, 1.82) is 0 Å². The minimum atomic E-state index is -0.485. The Morgan fingerprint density at radius 3 is 2.65 bits per heavy atom. The molecule has 0 aromatic heterocycles. The Morgan fingerprint density at radius 2 is 2.05 bits per heavy atom. The lowest BCUT2D eigenvalue weighted by Crippen LogP contribution is -2.42. The number of hydrogen-bond acceptors (Lipinski definition) is 4. The number of non-ortho nitro benzene ring substituents is 1. The van der Waals surface area contributed by atoms with E-state index < -0.39 is 4.92 Å². The SMILES string of the molecule is Cc1ccc([N+](=O)[O-])cc1C(=O)NC1CCNCC1.Cl. The van der Waals surface area contributed by atoms with E-state index in [2.05, 4.69) is 10.6 Å². The second-order valence-corrected chi connectivity index (χ2v) is 4.75. The van der Waals surface area contributed by atoms with Crippen LogP contribution in [0, 0.1) is 17.0 Å². The molecule has 1 amide bonds. The maximum atomic E-state index is 12.2. The van der Waals surface area contributed by atoms with Crippen LogP contribution in [0.15, 0.2) is 18.2 Å². The van der Waals surface area contributed by atoms with Crippen LogP contribution in [0.3, 0.4) is 0 Å². The lowest BCUT2D eigenvalue weighted by atomic mass is 10.0. The number of halogens is 1. The van der Waals surface area contributed by atoms with Crippen molar-refractivity contribution in [2.24, 2.45) is 0 Å². The van der Waals surface area contributed by atoms with E-state index in [1.54, 1.807) is 13.0 Å². The highest BCUT2D eigenvalue weighted by atomic mass is 35.5. The Balaban J connectivity index is 0.00000200. The van der Waals surface area contributed by atoms with Crippen molar-refractivity contribution in [3.05, 3.63) is 39.4 Å². The monoisotopic (exact) mass is 299 g/mol. The number of nitrogens with one attached hydrogen (secondary N) is 2. The molecule has 0 unspecified atom stereocenters. The number of aryl methyl sites for hydroxylation is 1. The first kappa shape index (κ1) is 16.4. The highest BCUT2D eigenvalue weighted by molar-refractivity contribution is 5.96. The first-order chi connectivity index (χ1) is 9.08. The molecular weight excluding hydrogens is 282 g/mol. The summed E-state index contributed by atoms with van der Waals surface area (Å²) in [5, 5.41) is 16.9. The molecular formula is C13H18ClN3O3. The fraction of sp³-hybridized carbons (Fsp3) is 0.462. The topological polar surface area (TPSA) is 84.3 Å². The van der Waals surface area contributed by atoms with E-state index in [1.807, 2.05) is 0 Å². The summed E-state index contributed by atoms with van der Waals surface area (Å²) >= 11 is 0. The summed E-state index contributed by atoms with van der Waals surface area (Å²) in [6, 6.07) is 4.50. The molecule has 0 spiro atoms. The van der Waals surface area contributed by atoms with Gasteiger partial charge in [-0.25, -0.2) is 0 Å². The number of nitrogens with zero attached hydrogens (tertiary/aromatic N) is 1. The third-order valence-corrected chi connectivity index (χ3v) is 3.35. The quantitative estimate of drug-likeness (QED) is 0.658. The van der Waals surface area contributed by atoms with Gasteiger partial charge < -0.3 is 10.6 Å². The molecule has 1 aromatic carbocycles. The third kappa shape index (κ3) is 3.91. The van der Waals surface area contributed by atoms with E-state index in [1.165, 1.54) is 12.1 Å². The molecule has 0 aliphatic carbocycles. The van der Waals surface area contributed by atoms with Crippen LogP contribution in [0.2, 0.25) is 0 Å². The summed E-state index contributed by atoms with van der Waals surface area (Å²) < 4.78 is 0. The molecule has 1 heterocycles. The number of carbonyl (C=O) groups excluding carboxylic acids is 1. The molecule has 1 fully saturated rings. The number of carbonyl (C=O) groups is 1. The summed E-state index contributed by atoms with van der Waals surface area (Å²) in [5.41, 5.74) is 1.07. The fourth-order valence-corrected chi connectivity index (χ4v) is 2.20. The van der Waals surface area contributed by atoms with Crippen LogP contribution in [0.4, 0.5) is 5.69 Å². The van der Waals surface area contributed by atoms with Gasteiger partial charge >= 0.3 is 0 Å². The van der Waals surface area contributed by atoms with Gasteiger partial charge in [-0.15, -0.1) is 12.4 Å². The zero-order valence-corrected chi connectivity index (χ0v) is 12.0. The van der Waals surface area contributed by atoms with Gasteiger partial charge in [0.2, 0.25) is 0 Å². The lowest BCUT2D eigenvalue weighted by Gasteiger charge is -2.23. The zero-order valence-electron chi connectivity index (χ0n) is 11.2. The van der Waals surface area contributed by atoms with E-state index in [0.717, 1.165) is 31.5 Å². The molecule has 6 nitrogen and oxygen atoms in total. The van der Waals surface area contributed by atoms with E-state index in [-0.39, 0.29) is 30.0 Å². The van der Waals surface area contributed by atoms with Gasteiger partial charge in [-0.3, -0.25) is 14.9 Å². The molecule has 0 bridgehead atoms. The largest absolute Gasteiger partial charge is 0.349 e. The number of amides is 1. The Hall–Kier alpha value is -1.66. The molecule has 2 N–H and O–H groups in total. The third-order valence-electron chi connectivity index (χ3n) is 3.35. The number of hydrogen-bond donors (Lipinski definition) is 2. The molecule has 7 heteroatoms. The Bertz CT molecular complexity index is 502. The number of rotatable bonds is 3. The first-order valence-electron chi connectivity index (χ1n) is 6.34. The Kier molecular flexibility index (Phi) is 5.91. The van der Waals surface area contributed by atoms with E-state index in [0.29, 0.717) is 5.56 Å². The number of nitro groups is 1. The average molecular weight is 300 g/mol. The van der Waals surface area contributed by atoms with Crippen molar-refractivity contribution in [1.82, 2.24) is 10.6 Å². The van der Waals surface area contributed by atoms with Crippen molar-refractivity contribution >= 4 is 24.0 Å². The van der Waals surface area contributed by atoms with Crippen molar-refractivity contribution in [3.8, 4) is 0 Å². The van der Waals surface area contributed by atoms with Gasteiger partial charge in [0, 0.05) is 23.7 Å². The van der Waals surface area contributed by atoms with Gasteiger partial charge in [0.15, 0.2) is 0 Å². The lowest BCUT2D eigenvalue weighted by molar-refractivity contribution is -0.384. The van der Waals surface area contributed by atoms with Crippen molar-refractivity contribution in [2.75, 3.05) is 13.1 Å². The number of piperidine rings is 1. The van der Waals surface area contributed by atoms with E-state index >= 15 is 0 Å². The summed E-state index contributed by atoms with van der Waals surface area (Å²) in [7, 11) is 0. The van der Waals surface area contributed by atoms with Crippen LogP contribution < -0.4 is 10.6 Å². The molecule has 1 aromatic rings. The smallest absolute Gasteiger partial charge is 0.270 e. The molecule has 20 heavy (non-hydrogen) atoms. The van der Waals surface area contributed by atoms with Gasteiger partial charge in [0.25, 0.3) is 11.6 Å². The number of nitro benzene ring substituents is 1. The summed E-state index contributed by atoms with van der Waals surface area (Å²) in [6.45, 7) is 3.55. The maximum absolute atomic E-state index is 12.2. The maximum Gasteiger partial charge on any atom is 0.270 e. The van der Waals surface area contributed by atoms with Crippen LogP contribution in [0.1, 0.15) is 28.8 Å². The molecule has 110 valence electrons. The van der Waals surface area contributed by atoms with E-state index in [4.69, 9.17) is 0 Å². The molecule has 0 saturated carbocycles. The highest BCUT2D eigenvalue weighted by Crippen LogP contribution is 2.17. The minimum absolute atomic E-state index is 0. The first-order valence-corrected chi connectivity index (χ1v) is 6.34. The van der Waals surface area contributed by atoms with Crippen LogP contribution in [-0.2, 0) is 0 Å². The second-order valence-electron chi connectivity index (χ2n) is 4.75. The van der Waals surface area contributed by atoms with Crippen LogP contribution in [-0.4, -0.2) is 30.0 Å². The van der Waals surface area contributed by atoms with Gasteiger partial charge in [0.1, 0.15) is 0 Å². The summed E-state index contributed by atoms with van der Waals surface area (Å²) in [4.78, 5) is 22.4. The predicted molar refractivity (Wildman–Crippen MR) is 78.4 cm³/mol. The summed E-state index contributed by atoms with van der Waals surface area (Å²) in [5.74, 6) is -0.229. The normalized spacial score (nSPS) is 15.2. The Labute approximate surface area is 123 Å². The van der Waals surface area contributed by atoms with Crippen molar-refractivity contribution < 1.29 is 9.72 Å². The Morgan fingerprint density at radius 1 is 1.40 bits per heavy atom. The van der Waals surface area contributed by atoms with Crippen LogP contribution in [0.25, 0.3) is 0 Å². The molecule has 1 aliphatic rings. The van der Waals surface area contributed by atoms with Gasteiger partial charge in [-0.1, -0.05) is 6.07 Å².